The minimum atomic E-state index is -0.183. The van der Waals surface area contributed by atoms with Crippen LogP contribution < -0.4 is 15.8 Å². The van der Waals surface area contributed by atoms with Crippen LogP contribution in [0.3, 0.4) is 0 Å². The normalized spacial score (nSPS) is 14.9. The number of ether oxygens (including phenoxy) is 2. The Labute approximate surface area is 123 Å². The zero-order chi connectivity index (χ0) is 15.2. The van der Waals surface area contributed by atoms with Crippen molar-refractivity contribution in [2.75, 3.05) is 44.5 Å². The fraction of sp³-hybridized carbons (Fsp3) is 0.429. The maximum atomic E-state index is 11.9. The van der Waals surface area contributed by atoms with Gasteiger partial charge in [-0.3, -0.25) is 9.59 Å². The van der Waals surface area contributed by atoms with Crippen molar-refractivity contribution in [2.45, 2.75) is 6.42 Å². The molecule has 0 atom stereocenters. The third-order valence-electron chi connectivity index (χ3n) is 3.19. The summed E-state index contributed by atoms with van der Waals surface area (Å²) in [5, 5.41) is 2.75. The van der Waals surface area contributed by atoms with Crippen LogP contribution in [0.25, 0.3) is 0 Å². The van der Waals surface area contributed by atoms with Crippen molar-refractivity contribution in [3.05, 3.63) is 18.2 Å². The van der Waals surface area contributed by atoms with Crippen LogP contribution in [0.5, 0.6) is 5.75 Å². The summed E-state index contributed by atoms with van der Waals surface area (Å²) in [4.78, 5) is 25.1. The van der Waals surface area contributed by atoms with Gasteiger partial charge in [-0.2, -0.15) is 0 Å². The van der Waals surface area contributed by atoms with Crippen LogP contribution in [-0.2, 0) is 14.3 Å². The molecule has 7 nitrogen and oxygen atoms in total. The summed E-state index contributed by atoms with van der Waals surface area (Å²) in [5.74, 6) is 0.238. The number of nitrogens with zero attached hydrogens (tertiary/aromatic N) is 1. The Kier molecular flexibility index (Phi) is 4.99. The number of methoxy groups -OCH3 is 1. The molecule has 0 aromatic heterocycles. The third kappa shape index (κ3) is 4.09. The second kappa shape index (κ2) is 6.94. The van der Waals surface area contributed by atoms with Gasteiger partial charge in [-0.25, -0.2) is 0 Å². The first kappa shape index (κ1) is 15.1. The number of nitrogens with one attached hydrogen (secondary N) is 1. The van der Waals surface area contributed by atoms with Gasteiger partial charge in [0.25, 0.3) is 0 Å². The number of amides is 2. The van der Waals surface area contributed by atoms with Crippen LogP contribution >= 0.6 is 0 Å². The molecule has 1 aromatic carbocycles. The van der Waals surface area contributed by atoms with Gasteiger partial charge in [-0.1, -0.05) is 0 Å². The lowest BCUT2D eigenvalue weighted by atomic mass is 10.2. The molecule has 0 aliphatic carbocycles. The number of anilines is 2. The lowest BCUT2D eigenvalue weighted by molar-refractivity contribution is -0.142. The SMILES string of the molecule is COc1cc(N)ccc1NC(=O)CCN1CCOCC1=O. The smallest absolute Gasteiger partial charge is 0.248 e. The van der Waals surface area contributed by atoms with Crippen molar-refractivity contribution < 1.29 is 19.1 Å². The van der Waals surface area contributed by atoms with E-state index in [-0.39, 0.29) is 24.8 Å². The summed E-state index contributed by atoms with van der Waals surface area (Å²) >= 11 is 0. The van der Waals surface area contributed by atoms with Gasteiger partial charge >= 0.3 is 0 Å². The monoisotopic (exact) mass is 293 g/mol. The zero-order valence-corrected chi connectivity index (χ0v) is 11.9. The van der Waals surface area contributed by atoms with Gasteiger partial charge < -0.3 is 25.4 Å². The van der Waals surface area contributed by atoms with Gasteiger partial charge in [0.1, 0.15) is 12.4 Å². The highest BCUT2D eigenvalue weighted by Gasteiger charge is 2.19. The quantitative estimate of drug-likeness (QED) is 0.769. The van der Waals surface area contributed by atoms with Crippen molar-refractivity contribution in [1.82, 2.24) is 4.90 Å². The number of nitrogen functional groups attached to an aromatic ring is 1. The van der Waals surface area contributed by atoms with Gasteiger partial charge in [-0.05, 0) is 12.1 Å². The molecule has 0 saturated carbocycles. The topological polar surface area (TPSA) is 93.9 Å². The first-order valence-electron chi connectivity index (χ1n) is 6.69. The third-order valence-corrected chi connectivity index (χ3v) is 3.19. The average Bonchev–Trinajstić information content (AvgIpc) is 2.48. The molecule has 7 heteroatoms. The molecule has 1 saturated heterocycles. The van der Waals surface area contributed by atoms with E-state index in [4.69, 9.17) is 15.2 Å². The number of carbonyl (C=O) groups is 2. The second-order valence-corrected chi connectivity index (χ2v) is 4.69. The maximum absolute atomic E-state index is 11.9. The fourth-order valence-corrected chi connectivity index (χ4v) is 2.05. The summed E-state index contributed by atoms with van der Waals surface area (Å²) in [6, 6.07) is 5.01. The average molecular weight is 293 g/mol. The van der Waals surface area contributed by atoms with E-state index in [1.165, 1.54) is 7.11 Å². The van der Waals surface area contributed by atoms with Crippen LogP contribution in [0, 0.1) is 0 Å². The number of carbonyl (C=O) groups excluding carboxylic acids is 2. The summed E-state index contributed by atoms with van der Waals surface area (Å²) in [6.07, 6.45) is 0.221. The molecule has 0 unspecified atom stereocenters. The Balaban J connectivity index is 1.88. The molecule has 114 valence electrons. The minimum absolute atomic E-state index is 0.0842. The molecule has 3 N–H and O–H groups in total. The number of hydrogen-bond acceptors (Lipinski definition) is 5. The first-order valence-corrected chi connectivity index (χ1v) is 6.69. The molecule has 0 bridgehead atoms. The van der Waals surface area contributed by atoms with Gasteiger partial charge in [0.15, 0.2) is 0 Å². The highest BCUT2D eigenvalue weighted by atomic mass is 16.5. The van der Waals surface area contributed by atoms with Crippen LogP contribution in [-0.4, -0.2) is 50.1 Å². The summed E-state index contributed by atoms with van der Waals surface area (Å²) in [5.41, 5.74) is 6.78. The van der Waals surface area contributed by atoms with Crippen molar-refractivity contribution in [1.29, 1.82) is 0 Å². The van der Waals surface area contributed by atoms with Crippen LogP contribution in [0.2, 0.25) is 0 Å². The van der Waals surface area contributed by atoms with E-state index in [1.807, 2.05) is 0 Å². The van der Waals surface area contributed by atoms with E-state index in [2.05, 4.69) is 5.32 Å². The fourth-order valence-electron chi connectivity index (χ4n) is 2.05. The van der Waals surface area contributed by atoms with E-state index in [0.717, 1.165) is 0 Å². The number of nitrogens with two attached hydrogens (primary N) is 1. The van der Waals surface area contributed by atoms with Gasteiger partial charge in [0, 0.05) is 31.3 Å². The minimum Gasteiger partial charge on any atom is -0.494 e. The standard InChI is InChI=1S/C14H19N3O4/c1-20-12-8-10(15)2-3-11(12)16-13(18)4-5-17-6-7-21-9-14(17)19/h2-3,8H,4-7,9,15H2,1H3,(H,16,18). The Morgan fingerprint density at radius 3 is 3.05 bits per heavy atom. The maximum Gasteiger partial charge on any atom is 0.248 e. The Morgan fingerprint density at radius 1 is 1.52 bits per heavy atom. The predicted octanol–water partition coefficient (Wildman–Crippen LogP) is 0.465. The van der Waals surface area contributed by atoms with Crippen molar-refractivity contribution >= 4 is 23.2 Å². The lowest BCUT2D eigenvalue weighted by Gasteiger charge is -2.26. The highest BCUT2D eigenvalue weighted by molar-refractivity contribution is 5.93. The van der Waals surface area contributed by atoms with E-state index >= 15 is 0 Å². The summed E-state index contributed by atoms with van der Waals surface area (Å²) in [6.45, 7) is 1.51. The van der Waals surface area contributed by atoms with Crippen molar-refractivity contribution in [3.8, 4) is 5.75 Å². The summed E-state index contributed by atoms with van der Waals surface area (Å²) in [7, 11) is 1.51. The molecule has 1 fully saturated rings. The highest BCUT2D eigenvalue weighted by Crippen LogP contribution is 2.26. The second-order valence-electron chi connectivity index (χ2n) is 4.69. The molecular weight excluding hydrogens is 274 g/mol. The van der Waals surface area contributed by atoms with Crippen LogP contribution in [0.1, 0.15) is 6.42 Å². The summed E-state index contributed by atoms with van der Waals surface area (Å²) < 4.78 is 10.2. The first-order chi connectivity index (χ1) is 10.1. The number of benzene rings is 1. The predicted molar refractivity (Wildman–Crippen MR) is 78.1 cm³/mol. The van der Waals surface area contributed by atoms with E-state index < -0.39 is 0 Å². The van der Waals surface area contributed by atoms with Crippen molar-refractivity contribution in [2.24, 2.45) is 0 Å². The molecule has 1 aromatic rings. The van der Waals surface area contributed by atoms with Gasteiger partial charge in [-0.15, -0.1) is 0 Å². The Morgan fingerprint density at radius 2 is 2.33 bits per heavy atom. The van der Waals surface area contributed by atoms with Gasteiger partial charge in [0.05, 0.1) is 19.4 Å². The number of morpholine rings is 1. The molecule has 1 aliphatic rings. The number of rotatable bonds is 5. The van der Waals surface area contributed by atoms with E-state index in [0.29, 0.717) is 36.8 Å². The van der Waals surface area contributed by atoms with Crippen LogP contribution in [0.15, 0.2) is 18.2 Å². The molecule has 1 aliphatic heterocycles. The van der Waals surface area contributed by atoms with E-state index in [9.17, 15) is 9.59 Å². The molecular formula is C14H19N3O4. The van der Waals surface area contributed by atoms with Gasteiger partial charge in [0.2, 0.25) is 11.8 Å². The molecule has 21 heavy (non-hydrogen) atoms. The molecule has 0 radical (unpaired) electrons. The number of hydrogen-bond donors (Lipinski definition) is 2. The van der Waals surface area contributed by atoms with Crippen LogP contribution in [0.4, 0.5) is 11.4 Å². The molecule has 2 rings (SSSR count). The Hall–Kier alpha value is -2.28. The van der Waals surface area contributed by atoms with E-state index in [1.54, 1.807) is 23.1 Å². The lowest BCUT2D eigenvalue weighted by Crippen LogP contribution is -2.42. The molecule has 2 amide bonds. The molecule has 1 heterocycles. The molecule has 0 spiro atoms. The zero-order valence-electron chi connectivity index (χ0n) is 11.9. The van der Waals surface area contributed by atoms with Crippen molar-refractivity contribution in [3.63, 3.8) is 0 Å². The Bertz CT molecular complexity index is 533. The largest absolute Gasteiger partial charge is 0.494 e.